The largest absolute Gasteiger partial charge is 0.338 e. The lowest BCUT2D eigenvalue weighted by Gasteiger charge is -2.32. The van der Waals surface area contributed by atoms with Crippen LogP contribution in [0.3, 0.4) is 0 Å². The van der Waals surface area contributed by atoms with E-state index in [1.54, 1.807) is 23.4 Å². The molecule has 1 fully saturated rings. The Hall–Kier alpha value is -2.21. The highest BCUT2D eigenvalue weighted by Crippen LogP contribution is 2.21. The average molecular weight is 388 g/mol. The Morgan fingerprint density at radius 2 is 2.00 bits per heavy atom. The van der Waals surface area contributed by atoms with Crippen LogP contribution in [0.25, 0.3) is 0 Å². The van der Waals surface area contributed by atoms with Gasteiger partial charge in [-0.3, -0.25) is 14.6 Å². The zero-order chi connectivity index (χ0) is 16.9. The molecule has 2 amide bonds. The number of carbonyl (C=O) groups is 2. The van der Waals surface area contributed by atoms with E-state index in [2.05, 4.69) is 26.2 Å². The lowest BCUT2D eigenvalue weighted by Crippen LogP contribution is -2.43. The van der Waals surface area contributed by atoms with Crippen molar-refractivity contribution in [3.05, 3.63) is 58.8 Å². The molecule has 1 aliphatic rings. The van der Waals surface area contributed by atoms with Gasteiger partial charge in [0.1, 0.15) is 0 Å². The molecule has 0 radical (unpaired) electrons. The fourth-order valence-corrected chi connectivity index (χ4v) is 3.22. The maximum atomic E-state index is 12.6. The minimum atomic E-state index is -0.192. The number of para-hydroxylation sites is 1. The molecule has 2 aromatic rings. The molecule has 3 rings (SSSR count). The fraction of sp³-hybridized carbons (Fsp3) is 0.278. The number of hydrogen-bond acceptors (Lipinski definition) is 3. The molecule has 1 aromatic heterocycles. The van der Waals surface area contributed by atoms with Crippen molar-refractivity contribution >= 4 is 33.4 Å². The highest BCUT2D eigenvalue weighted by Gasteiger charge is 2.29. The molecular formula is C18H18BrN3O2. The molecule has 6 heteroatoms. The summed E-state index contributed by atoms with van der Waals surface area (Å²) in [7, 11) is 0. The fourth-order valence-electron chi connectivity index (χ4n) is 2.85. The van der Waals surface area contributed by atoms with Crippen LogP contribution in [0.1, 0.15) is 23.2 Å². The van der Waals surface area contributed by atoms with Crippen LogP contribution in [0, 0.1) is 5.92 Å². The van der Waals surface area contributed by atoms with Crippen LogP contribution >= 0.6 is 15.9 Å². The summed E-state index contributed by atoms with van der Waals surface area (Å²) in [5.74, 6) is -0.310. The van der Waals surface area contributed by atoms with Crippen LogP contribution in [-0.2, 0) is 4.79 Å². The zero-order valence-electron chi connectivity index (χ0n) is 13.1. The third kappa shape index (κ3) is 4.00. The number of hydrogen-bond donors (Lipinski definition) is 1. The van der Waals surface area contributed by atoms with Crippen LogP contribution < -0.4 is 5.32 Å². The summed E-state index contributed by atoms with van der Waals surface area (Å²) in [6.45, 7) is 1.10. The highest BCUT2D eigenvalue weighted by molar-refractivity contribution is 9.10. The van der Waals surface area contributed by atoms with Gasteiger partial charge in [-0.15, -0.1) is 0 Å². The maximum Gasteiger partial charge on any atom is 0.255 e. The molecule has 0 aliphatic carbocycles. The number of carbonyl (C=O) groups excluding carboxylic acids is 2. The van der Waals surface area contributed by atoms with Crippen molar-refractivity contribution in [2.24, 2.45) is 5.92 Å². The minimum absolute atomic E-state index is 0.0360. The van der Waals surface area contributed by atoms with Crippen molar-refractivity contribution in [2.45, 2.75) is 12.8 Å². The van der Waals surface area contributed by atoms with Crippen molar-refractivity contribution in [3.8, 4) is 0 Å². The molecule has 2 heterocycles. The second-order valence-corrected chi connectivity index (χ2v) is 6.75. The van der Waals surface area contributed by atoms with Gasteiger partial charge in [0.05, 0.1) is 11.5 Å². The monoisotopic (exact) mass is 387 g/mol. The number of nitrogens with one attached hydrogen (secondary N) is 1. The number of nitrogens with zero attached hydrogens (tertiary/aromatic N) is 2. The van der Waals surface area contributed by atoms with Crippen molar-refractivity contribution in [2.75, 3.05) is 18.4 Å². The number of pyridine rings is 1. The standard InChI is InChI=1S/C18H18BrN3O2/c19-15-9-14(10-20-11-15)18(24)22-8-4-5-13(12-22)17(23)21-16-6-2-1-3-7-16/h1-3,6-7,9-11,13H,4-5,8,12H2,(H,21,23). The first kappa shape index (κ1) is 16.6. The molecule has 1 N–H and O–H groups in total. The quantitative estimate of drug-likeness (QED) is 0.878. The number of anilines is 1. The van der Waals surface area contributed by atoms with Gasteiger partial charge < -0.3 is 10.2 Å². The van der Waals surface area contributed by atoms with E-state index in [9.17, 15) is 9.59 Å². The molecule has 1 saturated heterocycles. The molecule has 24 heavy (non-hydrogen) atoms. The van der Waals surface area contributed by atoms with Crippen molar-refractivity contribution in [1.82, 2.24) is 9.88 Å². The lowest BCUT2D eigenvalue weighted by atomic mass is 9.96. The van der Waals surface area contributed by atoms with Crippen LogP contribution in [-0.4, -0.2) is 34.8 Å². The number of amides is 2. The van der Waals surface area contributed by atoms with Crippen molar-refractivity contribution in [3.63, 3.8) is 0 Å². The number of halogens is 1. The summed E-state index contributed by atoms with van der Waals surface area (Å²) >= 11 is 3.33. The number of rotatable bonds is 3. The predicted octanol–water partition coefficient (Wildman–Crippen LogP) is 3.34. The van der Waals surface area contributed by atoms with E-state index in [0.29, 0.717) is 18.7 Å². The summed E-state index contributed by atoms with van der Waals surface area (Å²) in [5.41, 5.74) is 1.32. The average Bonchev–Trinajstić information content (AvgIpc) is 2.62. The summed E-state index contributed by atoms with van der Waals surface area (Å²) in [6, 6.07) is 11.1. The number of piperidine rings is 1. The van der Waals surface area contributed by atoms with Gasteiger partial charge in [-0.2, -0.15) is 0 Å². The number of likely N-dealkylation sites (tertiary alicyclic amines) is 1. The molecule has 5 nitrogen and oxygen atoms in total. The Kier molecular flexibility index (Phi) is 5.25. The zero-order valence-corrected chi connectivity index (χ0v) is 14.7. The first-order chi connectivity index (χ1) is 11.6. The molecule has 1 atom stereocenters. The van der Waals surface area contributed by atoms with Gasteiger partial charge in [-0.1, -0.05) is 18.2 Å². The topological polar surface area (TPSA) is 62.3 Å². The third-order valence-electron chi connectivity index (χ3n) is 4.07. The Morgan fingerprint density at radius 3 is 2.75 bits per heavy atom. The van der Waals surface area contributed by atoms with Gasteiger partial charge in [-0.25, -0.2) is 0 Å². The molecule has 1 aromatic carbocycles. The van der Waals surface area contributed by atoms with Gasteiger partial charge in [0.15, 0.2) is 0 Å². The van der Waals surface area contributed by atoms with Crippen LogP contribution in [0.4, 0.5) is 5.69 Å². The first-order valence-corrected chi connectivity index (χ1v) is 8.68. The molecule has 1 unspecified atom stereocenters. The Labute approximate surface area is 149 Å². The van der Waals surface area contributed by atoms with Crippen LogP contribution in [0.5, 0.6) is 0 Å². The second kappa shape index (κ2) is 7.57. The van der Waals surface area contributed by atoms with Crippen molar-refractivity contribution < 1.29 is 9.59 Å². The molecule has 124 valence electrons. The molecule has 0 saturated carbocycles. The van der Waals surface area contributed by atoms with E-state index in [1.807, 2.05) is 30.3 Å². The molecule has 1 aliphatic heterocycles. The van der Waals surface area contributed by atoms with E-state index in [0.717, 1.165) is 23.0 Å². The lowest BCUT2D eigenvalue weighted by molar-refractivity contribution is -0.121. The SMILES string of the molecule is O=C(Nc1ccccc1)C1CCCN(C(=O)c2cncc(Br)c2)C1. The minimum Gasteiger partial charge on any atom is -0.338 e. The van der Waals surface area contributed by atoms with Gasteiger partial charge in [0, 0.05) is 35.6 Å². The maximum absolute atomic E-state index is 12.6. The summed E-state index contributed by atoms with van der Waals surface area (Å²) in [6.07, 6.45) is 4.81. The van der Waals surface area contributed by atoms with Crippen LogP contribution in [0.15, 0.2) is 53.3 Å². The highest BCUT2D eigenvalue weighted by atomic mass is 79.9. The van der Waals surface area contributed by atoms with E-state index in [-0.39, 0.29) is 17.7 Å². The number of benzene rings is 1. The van der Waals surface area contributed by atoms with E-state index < -0.39 is 0 Å². The Morgan fingerprint density at radius 1 is 1.21 bits per heavy atom. The van der Waals surface area contributed by atoms with E-state index >= 15 is 0 Å². The molecule has 0 bridgehead atoms. The predicted molar refractivity (Wildman–Crippen MR) is 95.6 cm³/mol. The van der Waals surface area contributed by atoms with E-state index in [4.69, 9.17) is 0 Å². The smallest absolute Gasteiger partial charge is 0.255 e. The summed E-state index contributed by atoms with van der Waals surface area (Å²) < 4.78 is 0.767. The van der Waals surface area contributed by atoms with Gasteiger partial charge in [-0.05, 0) is 47.0 Å². The second-order valence-electron chi connectivity index (χ2n) is 5.84. The van der Waals surface area contributed by atoms with Gasteiger partial charge in [0.2, 0.25) is 5.91 Å². The Bertz CT molecular complexity index is 736. The first-order valence-electron chi connectivity index (χ1n) is 7.89. The number of aromatic nitrogens is 1. The van der Waals surface area contributed by atoms with Gasteiger partial charge >= 0.3 is 0 Å². The molecule has 0 spiro atoms. The normalized spacial score (nSPS) is 17.4. The van der Waals surface area contributed by atoms with E-state index in [1.165, 1.54) is 0 Å². The summed E-state index contributed by atoms with van der Waals surface area (Å²) in [4.78, 5) is 30.8. The van der Waals surface area contributed by atoms with Crippen molar-refractivity contribution in [1.29, 1.82) is 0 Å². The summed E-state index contributed by atoms with van der Waals surface area (Å²) in [5, 5.41) is 2.92. The molecular weight excluding hydrogens is 370 g/mol. The van der Waals surface area contributed by atoms with Gasteiger partial charge in [0.25, 0.3) is 5.91 Å². The third-order valence-corrected chi connectivity index (χ3v) is 4.51. The van der Waals surface area contributed by atoms with Crippen LogP contribution in [0.2, 0.25) is 0 Å². The Balaban J connectivity index is 1.65.